The molecule has 0 fully saturated rings. The first-order chi connectivity index (χ1) is 20.2. The lowest BCUT2D eigenvalue weighted by molar-refractivity contribution is 0.0521. The first-order valence-electron chi connectivity index (χ1n) is 12.0. The van der Waals surface area contributed by atoms with Gasteiger partial charge in [0.25, 0.3) is 5.91 Å². The topological polar surface area (TPSA) is 157 Å². The summed E-state index contributed by atoms with van der Waals surface area (Å²) in [5.74, 6) is -1.17. The molecule has 0 aliphatic carbocycles. The Morgan fingerprint density at radius 2 is 1.26 bits per heavy atom. The SMILES string of the molecule is CCOC(=O)c1nn(-c2cccc(Br)c2)c2nnc(Cl)cc12.NC(=O)c1nn(-c2cccc(Br)c2)c2nnc(Cl)cc12. The molecular formula is C26H17Br2Cl2N9O3. The number of aromatic nitrogens is 8. The molecule has 42 heavy (non-hydrogen) atoms. The molecule has 0 radical (unpaired) electrons. The minimum absolute atomic E-state index is 0.108. The van der Waals surface area contributed by atoms with Crippen molar-refractivity contribution in [3.05, 3.63) is 91.3 Å². The highest BCUT2D eigenvalue weighted by Crippen LogP contribution is 2.25. The van der Waals surface area contributed by atoms with E-state index in [1.54, 1.807) is 13.0 Å². The van der Waals surface area contributed by atoms with Gasteiger partial charge in [-0.2, -0.15) is 10.2 Å². The lowest BCUT2D eigenvalue weighted by Crippen LogP contribution is -2.12. The van der Waals surface area contributed by atoms with Crippen molar-refractivity contribution in [3.8, 4) is 11.4 Å². The second kappa shape index (κ2) is 12.5. The largest absolute Gasteiger partial charge is 0.461 e. The second-order valence-electron chi connectivity index (χ2n) is 8.37. The van der Waals surface area contributed by atoms with Crippen molar-refractivity contribution in [1.82, 2.24) is 40.0 Å². The van der Waals surface area contributed by atoms with Crippen molar-refractivity contribution in [2.24, 2.45) is 5.73 Å². The van der Waals surface area contributed by atoms with E-state index < -0.39 is 11.9 Å². The molecule has 4 heterocycles. The van der Waals surface area contributed by atoms with Crippen LogP contribution >= 0.6 is 55.1 Å². The second-order valence-corrected chi connectivity index (χ2v) is 11.0. The van der Waals surface area contributed by atoms with Crippen LogP contribution in [-0.4, -0.2) is 58.4 Å². The standard InChI is InChI=1S/C14H10BrClN4O2.C12H7BrClN5O/c1-2-22-14(21)12-10-7-11(16)17-18-13(10)20(19-12)9-5-3-4-8(15)6-9;13-6-2-1-3-7(4-6)19-12-8(5-9(14)16-17-12)10(18-19)11(15)20/h3-7H,2H2,1H3;1-5H,(H2,15,20). The number of rotatable bonds is 5. The molecule has 2 aromatic carbocycles. The summed E-state index contributed by atoms with van der Waals surface area (Å²) in [7, 11) is 0. The Kier molecular flexibility index (Phi) is 8.77. The van der Waals surface area contributed by atoms with E-state index in [4.69, 9.17) is 33.7 Å². The smallest absolute Gasteiger partial charge is 0.359 e. The Hall–Kier alpha value is -3.98. The number of nitrogens with zero attached hydrogens (tertiary/aromatic N) is 8. The first-order valence-corrected chi connectivity index (χ1v) is 14.3. The van der Waals surface area contributed by atoms with Crippen LogP contribution in [0.3, 0.4) is 0 Å². The highest BCUT2D eigenvalue weighted by Gasteiger charge is 2.21. The fraction of sp³-hybridized carbons (Fsp3) is 0.0769. The van der Waals surface area contributed by atoms with Gasteiger partial charge in [-0.1, -0.05) is 67.2 Å². The lowest BCUT2D eigenvalue weighted by atomic mass is 10.3. The summed E-state index contributed by atoms with van der Waals surface area (Å²) in [5.41, 5.74) is 7.93. The summed E-state index contributed by atoms with van der Waals surface area (Å²) in [6.45, 7) is 1.99. The summed E-state index contributed by atoms with van der Waals surface area (Å²) in [4.78, 5) is 23.6. The van der Waals surface area contributed by atoms with Crippen molar-refractivity contribution in [2.45, 2.75) is 6.92 Å². The number of nitrogens with two attached hydrogens (primary N) is 1. The maximum Gasteiger partial charge on any atom is 0.359 e. The third kappa shape index (κ3) is 6.11. The maximum absolute atomic E-state index is 12.1. The number of benzene rings is 2. The van der Waals surface area contributed by atoms with Gasteiger partial charge in [-0.25, -0.2) is 14.2 Å². The van der Waals surface area contributed by atoms with Crippen molar-refractivity contribution in [3.63, 3.8) is 0 Å². The number of primary amides is 1. The number of fused-ring (bicyclic) bond motifs is 2. The van der Waals surface area contributed by atoms with Crippen LogP contribution in [0.25, 0.3) is 33.4 Å². The highest BCUT2D eigenvalue weighted by molar-refractivity contribution is 9.10. The molecule has 0 unspecified atom stereocenters. The number of ether oxygens (including phenoxy) is 1. The van der Waals surface area contributed by atoms with E-state index >= 15 is 0 Å². The molecule has 0 aliphatic heterocycles. The Labute approximate surface area is 264 Å². The third-order valence-corrected chi connectivity index (χ3v) is 6.96. The maximum atomic E-state index is 12.1. The van der Waals surface area contributed by atoms with Crippen molar-refractivity contribution in [1.29, 1.82) is 0 Å². The van der Waals surface area contributed by atoms with Gasteiger partial charge >= 0.3 is 5.97 Å². The molecule has 212 valence electrons. The normalized spacial score (nSPS) is 10.9. The zero-order chi connectivity index (χ0) is 30.0. The predicted molar refractivity (Wildman–Crippen MR) is 163 cm³/mol. The Morgan fingerprint density at radius 3 is 1.71 bits per heavy atom. The van der Waals surface area contributed by atoms with E-state index in [9.17, 15) is 9.59 Å². The molecule has 2 N–H and O–H groups in total. The van der Waals surface area contributed by atoms with Crippen LogP contribution in [0.2, 0.25) is 10.3 Å². The van der Waals surface area contributed by atoms with Gasteiger partial charge in [0.15, 0.2) is 33.0 Å². The van der Waals surface area contributed by atoms with Gasteiger partial charge in [0.2, 0.25) is 0 Å². The van der Waals surface area contributed by atoms with Crippen molar-refractivity contribution >= 4 is 89.0 Å². The van der Waals surface area contributed by atoms with Crippen LogP contribution in [0.15, 0.2) is 69.6 Å². The molecular weight excluding hydrogens is 717 g/mol. The van der Waals surface area contributed by atoms with Gasteiger partial charge in [-0.3, -0.25) is 4.79 Å². The average Bonchev–Trinajstić information content (AvgIpc) is 3.52. The molecule has 0 atom stereocenters. The zero-order valence-electron chi connectivity index (χ0n) is 21.4. The number of hydrogen-bond acceptors (Lipinski definition) is 9. The molecule has 0 spiro atoms. The van der Waals surface area contributed by atoms with E-state index in [1.165, 1.54) is 15.4 Å². The Balaban J connectivity index is 0.000000169. The Bertz CT molecular complexity index is 1980. The molecule has 1 amide bonds. The van der Waals surface area contributed by atoms with Gasteiger partial charge in [-0.15, -0.1) is 20.4 Å². The summed E-state index contributed by atoms with van der Waals surface area (Å²) >= 11 is 18.5. The number of hydrogen-bond donors (Lipinski definition) is 1. The van der Waals surface area contributed by atoms with Crippen LogP contribution < -0.4 is 5.73 Å². The summed E-state index contributed by atoms with van der Waals surface area (Å²) < 4.78 is 9.83. The van der Waals surface area contributed by atoms with Crippen molar-refractivity contribution in [2.75, 3.05) is 6.61 Å². The van der Waals surface area contributed by atoms with Crippen LogP contribution in [-0.2, 0) is 4.74 Å². The van der Waals surface area contributed by atoms with Crippen LogP contribution in [0.4, 0.5) is 0 Å². The number of esters is 1. The van der Waals surface area contributed by atoms with E-state index in [0.29, 0.717) is 22.1 Å². The van der Waals surface area contributed by atoms with Gasteiger partial charge in [-0.05, 0) is 55.5 Å². The lowest BCUT2D eigenvalue weighted by Gasteiger charge is -2.02. The Morgan fingerprint density at radius 1 is 0.786 bits per heavy atom. The number of carbonyl (C=O) groups is 2. The molecule has 0 aliphatic rings. The zero-order valence-corrected chi connectivity index (χ0v) is 26.1. The van der Waals surface area contributed by atoms with E-state index in [-0.39, 0.29) is 28.3 Å². The average molecular weight is 734 g/mol. The van der Waals surface area contributed by atoms with E-state index in [2.05, 4.69) is 62.5 Å². The van der Waals surface area contributed by atoms with Crippen molar-refractivity contribution < 1.29 is 14.3 Å². The number of amides is 1. The van der Waals surface area contributed by atoms with Crippen LogP contribution in [0.1, 0.15) is 27.9 Å². The predicted octanol–water partition coefficient (Wildman–Crippen LogP) is 5.74. The molecule has 6 rings (SSSR count). The quantitative estimate of drug-likeness (QED) is 0.218. The molecule has 0 bridgehead atoms. The van der Waals surface area contributed by atoms with Gasteiger partial charge in [0.1, 0.15) is 0 Å². The summed E-state index contributed by atoms with van der Waals surface area (Å²) in [6, 6.07) is 17.9. The monoisotopic (exact) mass is 731 g/mol. The first kappa shape index (κ1) is 29.5. The van der Waals surface area contributed by atoms with Gasteiger partial charge in [0, 0.05) is 8.95 Å². The van der Waals surface area contributed by atoms with Crippen LogP contribution in [0, 0.1) is 0 Å². The molecule has 0 saturated heterocycles. The molecule has 0 saturated carbocycles. The summed E-state index contributed by atoms with van der Waals surface area (Å²) in [6.07, 6.45) is 0. The molecule has 6 aromatic rings. The van der Waals surface area contributed by atoms with E-state index in [1.807, 2.05) is 48.5 Å². The third-order valence-electron chi connectivity index (χ3n) is 5.61. The fourth-order valence-corrected chi connectivity index (χ4v) is 4.96. The van der Waals surface area contributed by atoms with Gasteiger partial charge in [0.05, 0.1) is 28.8 Å². The molecule has 16 heteroatoms. The van der Waals surface area contributed by atoms with Crippen LogP contribution in [0.5, 0.6) is 0 Å². The minimum atomic E-state index is -0.646. The van der Waals surface area contributed by atoms with Gasteiger partial charge < -0.3 is 10.5 Å². The molecule has 4 aromatic heterocycles. The van der Waals surface area contributed by atoms with E-state index in [0.717, 1.165) is 20.3 Å². The summed E-state index contributed by atoms with van der Waals surface area (Å²) in [5, 5.41) is 25.5. The number of halogens is 4. The number of carbonyl (C=O) groups excluding carboxylic acids is 2. The molecule has 12 nitrogen and oxygen atoms in total. The fourth-order valence-electron chi connectivity index (χ4n) is 3.89. The highest BCUT2D eigenvalue weighted by atomic mass is 79.9. The minimum Gasteiger partial charge on any atom is -0.461 e.